The topological polar surface area (TPSA) is 43.1 Å². The smallest absolute Gasteiger partial charge is 0.140 e. The third-order valence-electron chi connectivity index (χ3n) is 5.44. The van der Waals surface area contributed by atoms with Crippen LogP contribution in [0.4, 0.5) is 0 Å². The molecule has 2 aliphatic carbocycles. The Morgan fingerprint density at radius 3 is 2.39 bits per heavy atom. The maximum Gasteiger partial charge on any atom is 0.140 e. The first-order chi connectivity index (χ1) is 8.59. The van der Waals surface area contributed by atoms with Crippen molar-refractivity contribution in [2.45, 2.75) is 71.3 Å². The Balaban J connectivity index is 1.97. The van der Waals surface area contributed by atoms with E-state index in [9.17, 15) is 4.79 Å². The molecule has 0 amide bonds. The molecule has 0 bridgehead atoms. The van der Waals surface area contributed by atoms with Crippen molar-refractivity contribution >= 4 is 5.78 Å². The second-order valence-corrected chi connectivity index (χ2v) is 6.78. The Hall–Kier alpha value is -0.370. The molecule has 0 aromatic carbocycles. The summed E-state index contributed by atoms with van der Waals surface area (Å²) in [5, 5.41) is 0. The minimum Gasteiger partial charge on any atom is -0.327 e. The Labute approximate surface area is 112 Å². The highest BCUT2D eigenvalue weighted by Crippen LogP contribution is 2.36. The summed E-state index contributed by atoms with van der Waals surface area (Å²) >= 11 is 0. The lowest BCUT2D eigenvalue weighted by atomic mass is 9.71. The SMILES string of the molecule is CC1CCC(C(=O)C2CCCCCC2N)CC1C. The van der Waals surface area contributed by atoms with Crippen LogP contribution in [0, 0.1) is 23.7 Å². The quantitative estimate of drug-likeness (QED) is 0.763. The van der Waals surface area contributed by atoms with E-state index in [4.69, 9.17) is 5.73 Å². The molecule has 0 aromatic heterocycles. The Morgan fingerprint density at radius 1 is 0.944 bits per heavy atom. The molecule has 2 rings (SSSR count). The van der Waals surface area contributed by atoms with Crippen molar-refractivity contribution in [3.8, 4) is 0 Å². The number of nitrogens with two attached hydrogens (primary N) is 1. The lowest BCUT2D eigenvalue weighted by Crippen LogP contribution is -2.39. The van der Waals surface area contributed by atoms with E-state index in [0.717, 1.165) is 31.6 Å². The second-order valence-electron chi connectivity index (χ2n) is 6.78. The molecule has 104 valence electrons. The van der Waals surface area contributed by atoms with Crippen LogP contribution in [0.5, 0.6) is 0 Å². The lowest BCUT2D eigenvalue weighted by molar-refractivity contribution is -0.129. The molecule has 2 fully saturated rings. The lowest BCUT2D eigenvalue weighted by Gasteiger charge is -2.34. The predicted molar refractivity (Wildman–Crippen MR) is 75.2 cm³/mol. The molecule has 5 unspecified atom stereocenters. The number of ketones is 1. The van der Waals surface area contributed by atoms with E-state index in [1.165, 1.54) is 25.7 Å². The van der Waals surface area contributed by atoms with Crippen LogP contribution in [-0.2, 0) is 4.79 Å². The van der Waals surface area contributed by atoms with Crippen LogP contribution in [-0.4, -0.2) is 11.8 Å². The van der Waals surface area contributed by atoms with E-state index in [0.29, 0.717) is 17.6 Å². The Bertz CT molecular complexity index is 289. The van der Waals surface area contributed by atoms with Gasteiger partial charge in [-0.05, 0) is 43.9 Å². The molecule has 2 nitrogen and oxygen atoms in total. The fraction of sp³-hybridized carbons (Fsp3) is 0.938. The van der Waals surface area contributed by atoms with E-state index >= 15 is 0 Å². The summed E-state index contributed by atoms with van der Waals surface area (Å²) < 4.78 is 0. The number of Topliss-reactive ketones (excluding diaryl/α,β-unsaturated/α-hetero) is 1. The molecule has 2 aliphatic rings. The van der Waals surface area contributed by atoms with Gasteiger partial charge in [-0.25, -0.2) is 0 Å². The summed E-state index contributed by atoms with van der Waals surface area (Å²) in [5.74, 6) is 2.47. The zero-order chi connectivity index (χ0) is 13.1. The van der Waals surface area contributed by atoms with Gasteiger partial charge in [0.1, 0.15) is 5.78 Å². The first-order valence-corrected chi connectivity index (χ1v) is 7.89. The molecular formula is C16H29NO. The molecule has 2 heteroatoms. The van der Waals surface area contributed by atoms with Gasteiger partial charge in [0.05, 0.1) is 0 Å². The highest BCUT2D eigenvalue weighted by atomic mass is 16.1. The molecule has 0 spiro atoms. The maximum absolute atomic E-state index is 12.7. The molecular weight excluding hydrogens is 222 g/mol. The highest BCUT2D eigenvalue weighted by molar-refractivity contribution is 5.84. The zero-order valence-corrected chi connectivity index (χ0v) is 12.0. The zero-order valence-electron chi connectivity index (χ0n) is 12.0. The van der Waals surface area contributed by atoms with Crippen molar-refractivity contribution in [2.75, 3.05) is 0 Å². The van der Waals surface area contributed by atoms with Crippen LogP contribution >= 0.6 is 0 Å². The number of hydrogen-bond donors (Lipinski definition) is 1. The third kappa shape index (κ3) is 3.14. The van der Waals surface area contributed by atoms with Gasteiger partial charge < -0.3 is 5.73 Å². The molecule has 0 heterocycles. The van der Waals surface area contributed by atoms with Crippen molar-refractivity contribution < 1.29 is 4.79 Å². The highest BCUT2D eigenvalue weighted by Gasteiger charge is 2.35. The number of rotatable bonds is 2. The average Bonchev–Trinajstić information content (AvgIpc) is 2.56. The molecule has 0 radical (unpaired) electrons. The van der Waals surface area contributed by atoms with Gasteiger partial charge in [-0.2, -0.15) is 0 Å². The summed E-state index contributed by atoms with van der Waals surface area (Å²) in [6.45, 7) is 4.62. The minimum atomic E-state index is 0.134. The average molecular weight is 251 g/mol. The van der Waals surface area contributed by atoms with Crippen LogP contribution in [0.15, 0.2) is 0 Å². The van der Waals surface area contributed by atoms with E-state index in [1.807, 2.05) is 0 Å². The predicted octanol–water partition coefficient (Wildman–Crippen LogP) is 3.54. The van der Waals surface area contributed by atoms with Crippen molar-refractivity contribution in [2.24, 2.45) is 29.4 Å². The second kappa shape index (κ2) is 6.18. The molecule has 18 heavy (non-hydrogen) atoms. The van der Waals surface area contributed by atoms with Gasteiger partial charge in [-0.15, -0.1) is 0 Å². The fourth-order valence-electron chi connectivity index (χ4n) is 3.80. The molecule has 2 N–H and O–H groups in total. The summed E-state index contributed by atoms with van der Waals surface area (Å²) in [6, 6.07) is 0.134. The normalized spacial score (nSPS) is 42.3. The first-order valence-electron chi connectivity index (χ1n) is 7.89. The first kappa shape index (κ1) is 14.0. The van der Waals surface area contributed by atoms with Crippen LogP contribution in [0.3, 0.4) is 0 Å². The van der Waals surface area contributed by atoms with E-state index in [1.54, 1.807) is 0 Å². The van der Waals surface area contributed by atoms with Gasteiger partial charge in [0, 0.05) is 17.9 Å². The Morgan fingerprint density at radius 2 is 1.67 bits per heavy atom. The fourth-order valence-corrected chi connectivity index (χ4v) is 3.80. The molecule has 0 saturated heterocycles. The summed E-state index contributed by atoms with van der Waals surface area (Å²) in [5.41, 5.74) is 6.23. The van der Waals surface area contributed by atoms with E-state index in [2.05, 4.69) is 13.8 Å². The van der Waals surface area contributed by atoms with Gasteiger partial charge in [0.15, 0.2) is 0 Å². The number of carbonyl (C=O) groups excluding carboxylic acids is 1. The van der Waals surface area contributed by atoms with E-state index in [-0.39, 0.29) is 12.0 Å². The standard InChI is InChI=1S/C16H29NO/c1-11-8-9-13(10-12(11)2)16(18)14-6-4-3-5-7-15(14)17/h11-15H,3-10,17H2,1-2H3. The van der Waals surface area contributed by atoms with Gasteiger partial charge in [0.2, 0.25) is 0 Å². The molecule has 5 atom stereocenters. The molecule has 0 aromatic rings. The monoisotopic (exact) mass is 251 g/mol. The number of hydrogen-bond acceptors (Lipinski definition) is 2. The van der Waals surface area contributed by atoms with E-state index < -0.39 is 0 Å². The van der Waals surface area contributed by atoms with Gasteiger partial charge in [0.25, 0.3) is 0 Å². The Kier molecular flexibility index (Phi) is 4.83. The number of carbonyl (C=O) groups is 1. The summed E-state index contributed by atoms with van der Waals surface area (Å²) in [4.78, 5) is 12.7. The van der Waals surface area contributed by atoms with Crippen molar-refractivity contribution in [1.82, 2.24) is 0 Å². The summed E-state index contributed by atoms with van der Waals surface area (Å²) in [6.07, 6.45) is 9.19. The van der Waals surface area contributed by atoms with Gasteiger partial charge in [-0.3, -0.25) is 4.79 Å². The maximum atomic E-state index is 12.7. The minimum absolute atomic E-state index is 0.134. The summed E-state index contributed by atoms with van der Waals surface area (Å²) in [7, 11) is 0. The van der Waals surface area contributed by atoms with Crippen LogP contribution in [0.25, 0.3) is 0 Å². The van der Waals surface area contributed by atoms with Crippen LogP contribution in [0.1, 0.15) is 65.2 Å². The van der Waals surface area contributed by atoms with Crippen molar-refractivity contribution in [1.29, 1.82) is 0 Å². The third-order valence-corrected chi connectivity index (χ3v) is 5.44. The van der Waals surface area contributed by atoms with Crippen molar-refractivity contribution in [3.05, 3.63) is 0 Å². The largest absolute Gasteiger partial charge is 0.327 e. The van der Waals surface area contributed by atoms with Crippen LogP contribution in [0.2, 0.25) is 0 Å². The van der Waals surface area contributed by atoms with Crippen molar-refractivity contribution in [3.63, 3.8) is 0 Å². The molecule has 0 aliphatic heterocycles. The van der Waals surface area contributed by atoms with Gasteiger partial charge in [-0.1, -0.05) is 33.1 Å². The van der Waals surface area contributed by atoms with Crippen LogP contribution < -0.4 is 5.73 Å². The van der Waals surface area contributed by atoms with Gasteiger partial charge >= 0.3 is 0 Å². The molecule has 2 saturated carbocycles.